The first-order chi connectivity index (χ1) is 22.1. The lowest BCUT2D eigenvalue weighted by molar-refractivity contribution is -0.216. The predicted molar refractivity (Wildman–Crippen MR) is 167 cm³/mol. The smallest absolute Gasteiger partial charge is 0.490 e. The van der Waals surface area contributed by atoms with Gasteiger partial charge in [0.15, 0.2) is 21.3 Å². The van der Waals surface area contributed by atoms with E-state index in [0.29, 0.717) is 15.8 Å². The molecule has 0 spiro atoms. The number of esters is 1. The maximum atomic E-state index is 14.4. The van der Waals surface area contributed by atoms with E-state index in [4.69, 9.17) is 20.1 Å². The molecule has 1 amide bonds. The summed E-state index contributed by atoms with van der Waals surface area (Å²) in [6.45, 7) is 4.77. The Morgan fingerprint density at radius 3 is 2.38 bits per heavy atom. The average Bonchev–Trinajstić information content (AvgIpc) is 3.01. The van der Waals surface area contributed by atoms with Crippen LogP contribution < -0.4 is 25.6 Å². The number of hydrazine groups is 1. The summed E-state index contributed by atoms with van der Waals surface area (Å²) in [4.78, 5) is 30.9. The topological polar surface area (TPSA) is 150 Å². The molecular formula is C32H33F3N4O7S. The molecule has 0 aliphatic carbocycles. The van der Waals surface area contributed by atoms with Crippen molar-refractivity contribution in [3.63, 3.8) is 0 Å². The van der Waals surface area contributed by atoms with Gasteiger partial charge < -0.3 is 19.5 Å². The molecule has 0 bridgehead atoms. The molecular weight excluding hydrogens is 641 g/mol. The number of pyridine rings is 1. The fourth-order valence-electron chi connectivity index (χ4n) is 4.77. The van der Waals surface area contributed by atoms with Crippen LogP contribution in [0.5, 0.6) is 11.5 Å². The zero-order valence-corrected chi connectivity index (χ0v) is 26.7. The molecule has 1 aromatic heterocycles. The van der Waals surface area contributed by atoms with Crippen LogP contribution in [0.25, 0.3) is 10.8 Å². The van der Waals surface area contributed by atoms with E-state index in [9.17, 15) is 31.2 Å². The lowest BCUT2D eigenvalue weighted by Crippen LogP contribution is -2.63. The molecule has 1 atom stereocenters. The highest BCUT2D eigenvalue weighted by atomic mass is 32.2. The molecule has 4 aromatic rings. The van der Waals surface area contributed by atoms with Crippen molar-refractivity contribution in [2.75, 3.05) is 17.9 Å². The summed E-state index contributed by atoms with van der Waals surface area (Å²) in [5.74, 6) is 2.73. The number of carbonyl (C=O) groups is 2. The van der Waals surface area contributed by atoms with E-state index in [0.717, 1.165) is 6.26 Å². The van der Waals surface area contributed by atoms with Gasteiger partial charge in [0.1, 0.15) is 0 Å². The van der Waals surface area contributed by atoms with Crippen LogP contribution >= 0.6 is 0 Å². The first kappa shape index (κ1) is 35.0. The van der Waals surface area contributed by atoms with E-state index in [-0.39, 0.29) is 45.9 Å². The van der Waals surface area contributed by atoms with Crippen molar-refractivity contribution in [2.45, 2.75) is 50.2 Å². The van der Waals surface area contributed by atoms with Crippen LogP contribution in [0.3, 0.4) is 0 Å². The van der Waals surface area contributed by atoms with Crippen molar-refractivity contribution in [2.24, 2.45) is 5.84 Å². The van der Waals surface area contributed by atoms with Gasteiger partial charge in [0.25, 0.3) is 5.91 Å². The number of carbonyl (C=O) groups excluding carboxylic acids is 2. The van der Waals surface area contributed by atoms with Gasteiger partial charge in [-0.2, -0.15) is 13.2 Å². The number of nitrogens with one attached hydrogen (secondary N) is 1. The Morgan fingerprint density at radius 2 is 1.72 bits per heavy atom. The second kappa shape index (κ2) is 13.8. The second-order valence-electron chi connectivity index (χ2n) is 10.6. The fraction of sp³-hybridized carbons (Fsp3) is 0.281. The molecule has 47 heavy (non-hydrogen) atoms. The third-order valence-corrected chi connectivity index (χ3v) is 8.03. The number of rotatable bonds is 12. The Bertz CT molecular complexity index is 1890. The first-order valence-corrected chi connectivity index (χ1v) is 16.2. The molecule has 0 aliphatic rings. The maximum absolute atomic E-state index is 14.4. The minimum atomic E-state index is -5.55. The van der Waals surface area contributed by atoms with Gasteiger partial charge in [-0.05, 0) is 74.2 Å². The number of hydrogen-bond acceptors (Lipinski definition) is 10. The van der Waals surface area contributed by atoms with E-state index in [1.54, 1.807) is 39.1 Å². The largest absolute Gasteiger partial charge is 0.491 e. The Kier molecular flexibility index (Phi) is 10.3. The molecule has 1 heterocycles. The number of benzene rings is 3. The summed E-state index contributed by atoms with van der Waals surface area (Å²) in [5, 5.41) is 4.25. The number of halogens is 3. The number of alkyl halides is 3. The molecule has 0 radical (unpaired) electrons. The molecule has 11 nitrogen and oxygen atoms in total. The number of nitrogens with zero attached hydrogens (tertiary/aromatic N) is 2. The van der Waals surface area contributed by atoms with Crippen LogP contribution in [0.15, 0.2) is 84.0 Å². The summed E-state index contributed by atoms with van der Waals surface area (Å²) in [6.07, 6.45) is -1.88. The summed E-state index contributed by atoms with van der Waals surface area (Å²) >= 11 is 0. The molecule has 15 heteroatoms. The Hall–Kier alpha value is -4.89. The SMILES string of the molecule is CCOc1cc(C(OC(=O)C(F)(F)F)(C(=O)NCc2ccccc2S(C)(=O)=O)N(N)c2ccc3cnccc3c2)ccc1OC(C)C. The lowest BCUT2D eigenvalue weighted by atomic mass is 9.98. The number of hydrogen-bond donors (Lipinski definition) is 2. The van der Waals surface area contributed by atoms with E-state index in [1.165, 1.54) is 60.8 Å². The molecule has 1 unspecified atom stereocenters. The molecule has 0 fully saturated rings. The standard InChI is InChI=1S/C32H33F3N4O7S/c1-5-44-27-17-24(11-13-26(27)45-20(2)3)31(46-30(41)32(33,34)35,39(36)25-12-10-22-18-37-15-14-21(22)16-25)29(40)38-19-23-8-6-7-9-28(23)47(4,42)43/h6-18,20H,5,19,36H2,1-4H3,(H,38,40). The van der Waals surface area contributed by atoms with Crippen molar-refractivity contribution >= 4 is 38.2 Å². The zero-order valence-electron chi connectivity index (χ0n) is 25.9. The van der Waals surface area contributed by atoms with Gasteiger partial charge in [0.05, 0.1) is 23.3 Å². The maximum Gasteiger partial charge on any atom is 0.491 e. The highest BCUT2D eigenvalue weighted by Crippen LogP contribution is 2.40. The van der Waals surface area contributed by atoms with Crippen molar-refractivity contribution in [1.82, 2.24) is 10.3 Å². The van der Waals surface area contributed by atoms with Crippen molar-refractivity contribution < 1.29 is 45.4 Å². The van der Waals surface area contributed by atoms with Gasteiger partial charge >= 0.3 is 17.9 Å². The second-order valence-corrected chi connectivity index (χ2v) is 12.6. The Labute approximate surface area is 269 Å². The fourth-order valence-corrected chi connectivity index (χ4v) is 5.72. The molecule has 4 rings (SSSR count). The summed E-state index contributed by atoms with van der Waals surface area (Å²) in [6, 6.07) is 15.6. The zero-order chi connectivity index (χ0) is 34.6. The van der Waals surface area contributed by atoms with Crippen LogP contribution in [0.2, 0.25) is 0 Å². The summed E-state index contributed by atoms with van der Waals surface area (Å²) < 4.78 is 83.1. The number of ether oxygens (including phenoxy) is 3. The molecule has 250 valence electrons. The van der Waals surface area contributed by atoms with E-state index >= 15 is 0 Å². The number of fused-ring (bicyclic) bond motifs is 1. The normalized spacial score (nSPS) is 13.1. The monoisotopic (exact) mass is 674 g/mol. The van der Waals surface area contributed by atoms with E-state index < -0.39 is 40.2 Å². The van der Waals surface area contributed by atoms with Gasteiger partial charge in [-0.3, -0.25) is 14.8 Å². The molecule has 0 saturated heterocycles. The van der Waals surface area contributed by atoms with E-state index in [1.807, 2.05) is 0 Å². The van der Waals surface area contributed by atoms with E-state index in [2.05, 4.69) is 10.3 Å². The molecule has 3 N–H and O–H groups in total. The quantitative estimate of drug-likeness (QED) is 0.0931. The predicted octanol–water partition coefficient (Wildman–Crippen LogP) is 4.78. The molecule has 0 saturated carbocycles. The van der Waals surface area contributed by atoms with Crippen LogP contribution in [0, 0.1) is 0 Å². The number of anilines is 1. The van der Waals surface area contributed by atoms with Crippen LogP contribution in [0.1, 0.15) is 31.9 Å². The summed E-state index contributed by atoms with van der Waals surface area (Å²) in [7, 11) is -3.77. The molecule has 3 aromatic carbocycles. The number of aromatic nitrogens is 1. The highest BCUT2D eigenvalue weighted by Gasteiger charge is 2.55. The van der Waals surface area contributed by atoms with Crippen molar-refractivity contribution in [3.05, 3.63) is 90.3 Å². The minimum absolute atomic E-state index is 0.0224. The van der Waals surface area contributed by atoms with Gasteiger partial charge in [0, 0.05) is 36.1 Å². The first-order valence-electron chi connectivity index (χ1n) is 14.3. The summed E-state index contributed by atoms with van der Waals surface area (Å²) in [5.41, 5.74) is -3.26. The highest BCUT2D eigenvalue weighted by molar-refractivity contribution is 7.90. The van der Waals surface area contributed by atoms with Crippen LogP contribution in [0.4, 0.5) is 18.9 Å². The third kappa shape index (κ3) is 7.74. The Balaban J connectivity index is 1.97. The van der Waals surface area contributed by atoms with Crippen molar-refractivity contribution in [1.29, 1.82) is 0 Å². The minimum Gasteiger partial charge on any atom is -0.490 e. The Morgan fingerprint density at radius 1 is 1.00 bits per heavy atom. The number of nitrogens with two attached hydrogens (primary N) is 1. The van der Waals surface area contributed by atoms with Crippen LogP contribution in [-0.2, 0) is 36.4 Å². The van der Waals surface area contributed by atoms with Gasteiger partial charge in [-0.25, -0.2) is 19.1 Å². The van der Waals surface area contributed by atoms with Crippen molar-refractivity contribution in [3.8, 4) is 11.5 Å². The lowest BCUT2D eigenvalue weighted by Gasteiger charge is -2.40. The van der Waals surface area contributed by atoms with Gasteiger partial charge in [-0.15, -0.1) is 0 Å². The third-order valence-electron chi connectivity index (χ3n) is 6.83. The molecule has 0 aliphatic heterocycles. The van der Waals surface area contributed by atoms with Crippen LogP contribution in [-0.4, -0.2) is 50.4 Å². The van der Waals surface area contributed by atoms with Gasteiger partial charge in [0.2, 0.25) is 0 Å². The average molecular weight is 675 g/mol. The van der Waals surface area contributed by atoms with Gasteiger partial charge in [-0.1, -0.05) is 24.3 Å². The number of amides is 1. The number of sulfone groups is 1.